The molecule has 5 nitrogen and oxygen atoms in total. The first-order valence-electron chi connectivity index (χ1n) is 11.2. The van der Waals surface area contributed by atoms with Gasteiger partial charge in [0.1, 0.15) is 5.58 Å². The number of hydrogen-bond acceptors (Lipinski definition) is 4. The Kier molecular flexibility index (Phi) is 5.72. The van der Waals surface area contributed by atoms with E-state index >= 15 is 0 Å². The average Bonchev–Trinajstić information content (AvgIpc) is 3.00. The molecule has 0 bridgehead atoms. The van der Waals surface area contributed by atoms with Crippen LogP contribution < -0.4 is 5.43 Å². The molecule has 0 saturated heterocycles. The highest BCUT2D eigenvalue weighted by Gasteiger charge is 2.42. The molecule has 32 heavy (non-hydrogen) atoms. The molecule has 1 aromatic heterocycles. The van der Waals surface area contributed by atoms with E-state index < -0.39 is 6.04 Å². The lowest BCUT2D eigenvalue weighted by Gasteiger charge is -2.26. The molecule has 1 unspecified atom stereocenters. The zero-order chi connectivity index (χ0) is 23.2. The van der Waals surface area contributed by atoms with E-state index in [-0.39, 0.29) is 22.5 Å². The Balaban J connectivity index is 1.86. The molecule has 1 amide bonds. The number of amides is 1. The van der Waals surface area contributed by atoms with Crippen molar-refractivity contribution < 1.29 is 9.21 Å². The molecule has 0 radical (unpaired) electrons. The number of benzene rings is 2. The fraction of sp³-hybridized carbons (Fsp3) is 0.407. The quantitative estimate of drug-likeness (QED) is 0.576. The Morgan fingerprint density at radius 2 is 1.72 bits per heavy atom. The van der Waals surface area contributed by atoms with E-state index in [1.165, 1.54) is 5.56 Å². The second-order valence-corrected chi connectivity index (χ2v) is 10.1. The summed E-state index contributed by atoms with van der Waals surface area (Å²) in [6.45, 7) is 9.89. The van der Waals surface area contributed by atoms with Crippen molar-refractivity contribution in [3.05, 3.63) is 80.7 Å². The van der Waals surface area contributed by atoms with Gasteiger partial charge in [-0.15, -0.1) is 0 Å². The van der Waals surface area contributed by atoms with Gasteiger partial charge in [-0.3, -0.25) is 9.59 Å². The molecule has 1 atom stereocenters. The van der Waals surface area contributed by atoms with E-state index in [0.717, 1.165) is 24.1 Å². The van der Waals surface area contributed by atoms with Gasteiger partial charge in [-0.1, -0.05) is 56.7 Å². The third-order valence-corrected chi connectivity index (χ3v) is 6.22. The predicted molar refractivity (Wildman–Crippen MR) is 128 cm³/mol. The minimum absolute atomic E-state index is 0.0279. The van der Waals surface area contributed by atoms with Gasteiger partial charge in [0.2, 0.25) is 5.76 Å². The van der Waals surface area contributed by atoms with Crippen LogP contribution in [0.2, 0.25) is 0 Å². The van der Waals surface area contributed by atoms with Gasteiger partial charge in [0.25, 0.3) is 5.91 Å². The molecule has 168 valence electrons. The van der Waals surface area contributed by atoms with Gasteiger partial charge in [0.05, 0.1) is 17.0 Å². The highest BCUT2D eigenvalue weighted by Crippen LogP contribution is 2.39. The van der Waals surface area contributed by atoms with Crippen molar-refractivity contribution in [1.82, 2.24) is 9.80 Å². The van der Waals surface area contributed by atoms with Crippen molar-refractivity contribution >= 4 is 16.9 Å². The van der Waals surface area contributed by atoms with E-state index in [1.807, 2.05) is 45.3 Å². The molecule has 0 aliphatic carbocycles. The number of aryl methyl sites for hydroxylation is 1. The number of hydrogen-bond donors (Lipinski definition) is 0. The zero-order valence-electron chi connectivity index (χ0n) is 19.9. The summed E-state index contributed by atoms with van der Waals surface area (Å²) in [4.78, 5) is 30.9. The summed E-state index contributed by atoms with van der Waals surface area (Å²) < 4.78 is 6.04. The number of rotatable bonds is 5. The van der Waals surface area contributed by atoms with Crippen LogP contribution in [0.15, 0.2) is 51.7 Å². The average molecular weight is 433 g/mol. The van der Waals surface area contributed by atoms with Gasteiger partial charge in [-0.05, 0) is 62.7 Å². The monoisotopic (exact) mass is 432 g/mol. The summed E-state index contributed by atoms with van der Waals surface area (Å²) in [6.07, 6.45) is 0.816. The molecule has 2 aromatic carbocycles. The Labute approximate surface area is 189 Å². The van der Waals surface area contributed by atoms with Crippen molar-refractivity contribution in [1.29, 1.82) is 0 Å². The number of fused-ring (bicyclic) bond motifs is 2. The molecule has 0 saturated carbocycles. The van der Waals surface area contributed by atoms with Crippen LogP contribution in [0.5, 0.6) is 0 Å². The lowest BCUT2D eigenvalue weighted by molar-refractivity contribution is 0.0722. The molecule has 0 spiro atoms. The Morgan fingerprint density at radius 1 is 1.03 bits per heavy atom. The van der Waals surface area contributed by atoms with E-state index in [1.54, 1.807) is 11.0 Å². The maximum absolute atomic E-state index is 13.6. The maximum atomic E-state index is 13.6. The van der Waals surface area contributed by atoms with Crippen molar-refractivity contribution in [2.45, 2.75) is 45.6 Å². The van der Waals surface area contributed by atoms with Crippen LogP contribution in [0.4, 0.5) is 0 Å². The van der Waals surface area contributed by atoms with Crippen LogP contribution in [-0.2, 0) is 5.41 Å². The summed E-state index contributed by atoms with van der Waals surface area (Å²) in [7, 11) is 4.03. The minimum Gasteiger partial charge on any atom is -0.450 e. The highest BCUT2D eigenvalue weighted by atomic mass is 16.3. The first-order chi connectivity index (χ1) is 15.1. The molecule has 4 rings (SSSR count). The van der Waals surface area contributed by atoms with E-state index in [4.69, 9.17) is 4.42 Å². The fourth-order valence-electron chi connectivity index (χ4n) is 4.43. The van der Waals surface area contributed by atoms with Crippen molar-refractivity contribution in [2.75, 3.05) is 27.2 Å². The molecule has 0 fully saturated rings. The SMILES string of the molecule is Cc1ccc2oc3c(c(=O)c2c1)C(c1ccc(C(C)(C)C)cc1)N(CCCN(C)C)C3=O. The van der Waals surface area contributed by atoms with Crippen molar-refractivity contribution in [3.8, 4) is 0 Å². The van der Waals surface area contributed by atoms with Crippen LogP contribution in [0.3, 0.4) is 0 Å². The summed E-state index contributed by atoms with van der Waals surface area (Å²) in [5, 5.41) is 0.531. The second-order valence-electron chi connectivity index (χ2n) is 10.1. The van der Waals surface area contributed by atoms with Crippen molar-refractivity contribution in [3.63, 3.8) is 0 Å². The van der Waals surface area contributed by atoms with E-state index in [9.17, 15) is 9.59 Å². The molecule has 2 heterocycles. The summed E-state index contributed by atoms with van der Waals surface area (Å²) in [5.74, 6) is -0.0238. The Hall–Kier alpha value is -2.92. The fourth-order valence-corrected chi connectivity index (χ4v) is 4.43. The minimum atomic E-state index is -0.435. The molecular weight excluding hydrogens is 400 g/mol. The van der Waals surface area contributed by atoms with Gasteiger partial charge in [0, 0.05) is 6.54 Å². The molecule has 5 heteroatoms. The molecule has 1 aliphatic heterocycles. The van der Waals surface area contributed by atoms with Gasteiger partial charge < -0.3 is 14.2 Å². The third kappa shape index (κ3) is 3.97. The second kappa shape index (κ2) is 8.21. The van der Waals surface area contributed by atoms with Crippen molar-refractivity contribution in [2.24, 2.45) is 0 Å². The molecular formula is C27H32N2O3. The summed E-state index contributed by atoms with van der Waals surface area (Å²) in [6, 6.07) is 13.4. The lowest BCUT2D eigenvalue weighted by atomic mass is 9.86. The van der Waals surface area contributed by atoms with Gasteiger partial charge >= 0.3 is 0 Å². The summed E-state index contributed by atoms with van der Waals surface area (Å²) in [5.41, 5.74) is 3.98. The van der Waals surface area contributed by atoms with Gasteiger partial charge in [-0.25, -0.2) is 0 Å². The van der Waals surface area contributed by atoms with E-state index in [2.05, 4.69) is 37.8 Å². The highest BCUT2D eigenvalue weighted by molar-refractivity contribution is 5.99. The topological polar surface area (TPSA) is 53.8 Å². The van der Waals surface area contributed by atoms with Gasteiger partial charge in [0.15, 0.2) is 5.43 Å². The zero-order valence-corrected chi connectivity index (χ0v) is 19.9. The normalized spacial score (nSPS) is 16.3. The summed E-state index contributed by atoms with van der Waals surface area (Å²) >= 11 is 0. The van der Waals surface area contributed by atoms with E-state index in [0.29, 0.717) is 23.1 Å². The Bertz CT molecular complexity index is 1220. The smallest absolute Gasteiger partial charge is 0.290 e. The Morgan fingerprint density at radius 3 is 2.34 bits per heavy atom. The van der Waals surface area contributed by atoms with Crippen LogP contribution >= 0.6 is 0 Å². The first-order valence-corrected chi connectivity index (χ1v) is 11.2. The largest absolute Gasteiger partial charge is 0.450 e. The number of carbonyl (C=O) groups is 1. The molecule has 3 aromatic rings. The third-order valence-electron chi connectivity index (χ3n) is 6.22. The van der Waals surface area contributed by atoms with Crippen LogP contribution in [-0.4, -0.2) is 42.9 Å². The predicted octanol–water partition coefficient (Wildman–Crippen LogP) is 4.90. The standard InChI is InChI=1S/C27H32N2O3/c1-17-8-13-21-20(16-17)24(30)22-23(18-9-11-19(12-10-18)27(2,3)4)29(15-7-14-28(5)6)26(31)25(22)32-21/h8-13,16,23H,7,14-15H2,1-6H3. The van der Waals surface area contributed by atoms with Crippen LogP contribution in [0.25, 0.3) is 11.0 Å². The molecule has 1 aliphatic rings. The number of carbonyl (C=O) groups excluding carboxylic acids is 1. The maximum Gasteiger partial charge on any atom is 0.290 e. The van der Waals surface area contributed by atoms with Gasteiger partial charge in [-0.2, -0.15) is 0 Å². The van der Waals surface area contributed by atoms with Crippen LogP contribution in [0, 0.1) is 6.92 Å². The number of nitrogens with zero attached hydrogens (tertiary/aromatic N) is 2. The first kappa shape index (κ1) is 22.3. The molecule has 0 N–H and O–H groups in total. The van der Waals surface area contributed by atoms with Crippen LogP contribution in [0.1, 0.15) is 66.0 Å². The lowest BCUT2D eigenvalue weighted by Crippen LogP contribution is -2.32.